The summed E-state index contributed by atoms with van der Waals surface area (Å²) >= 11 is 1.52. The fourth-order valence-electron chi connectivity index (χ4n) is 3.80. The number of methoxy groups -OCH3 is 1. The maximum atomic E-state index is 12.8. The van der Waals surface area contributed by atoms with Crippen LogP contribution in [-0.4, -0.2) is 27.6 Å². The Morgan fingerprint density at radius 1 is 1.06 bits per heavy atom. The van der Waals surface area contributed by atoms with Crippen LogP contribution in [-0.2, 0) is 23.0 Å². The van der Waals surface area contributed by atoms with E-state index in [9.17, 15) is 13.2 Å². The number of hydrogen-bond donors (Lipinski definition) is 1. The molecule has 7 nitrogen and oxygen atoms in total. The van der Waals surface area contributed by atoms with Crippen LogP contribution >= 0.6 is 11.3 Å². The van der Waals surface area contributed by atoms with E-state index in [2.05, 4.69) is 10.5 Å². The van der Waals surface area contributed by atoms with E-state index in [0.717, 1.165) is 24.8 Å². The molecule has 1 aliphatic carbocycles. The zero-order valence-corrected chi connectivity index (χ0v) is 20.9. The van der Waals surface area contributed by atoms with E-state index < -0.39 is 10.1 Å². The lowest BCUT2D eigenvalue weighted by molar-refractivity contribution is 0.0959. The summed E-state index contributed by atoms with van der Waals surface area (Å²) in [5.41, 5.74) is 5.84. The van der Waals surface area contributed by atoms with Crippen LogP contribution in [0.25, 0.3) is 0 Å². The van der Waals surface area contributed by atoms with Crippen molar-refractivity contribution in [3.63, 3.8) is 0 Å². The molecule has 178 valence electrons. The highest BCUT2D eigenvalue weighted by Crippen LogP contribution is 2.32. The van der Waals surface area contributed by atoms with Gasteiger partial charge >= 0.3 is 10.1 Å². The van der Waals surface area contributed by atoms with Crippen LogP contribution in [0.2, 0.25) is 0 Å². The molecule has 0 fully saturated rings. The van der Waals surface area contributed by atoms with Gasteiger partial charge in [-0.2, -0.15) is 13.5 Å². The van der Waals surface area contributed by atoms with Gasteiger partial charge in [-0.1, -0.05) is 12.1 Å². The van der Waals surface area contributed by atoms with Gasteiger partial charge in [-0.3, -0.25) is 4.79 Å². The molecule has 0 aliphatic heterocycles. The average Bonchev–Trinajstić information content (AvgIpc) is 3.25. The molecule has 0 radical (unpaired) electrons. The van der Waals surface area contributed by atoms with Gasteiger partial charge in [0.05, 0.1) is 18.2 Å². The van der Waals surface area contributed by atoms with Gasteiger partial charge in [0.1, 0.15) is 4.90 Å². The summed E-state index contributed by atoms with van der Waals surface area (Å²) in [7, 11) is -2.62. The van der Waals surface area contributed by atoms with Crippen molar-refractivity contribution < 1.29 is 22.1 Å². The second kappa shape index (κ2) is 9.99. The topological polar surface area (TPSA) is 94.1 Å². The van der Waals surface area contributed by atoms with Crippen LogP contribution in [0.4, 0.5) is 0 Å². The first-order valence-corrected chi connectivity index (χ1v) is 13.1. The van der Waals surface area contributed by atoms with E-state index in [1.54, 1.807) is 31.2 Å². The number of thiophene rings is 1. The minimum Gasteiger partial charge on any atom is -0.493 e. The Kier molecular flexibility index (Phi) is 7.04. The summed E-state index contributed by atoms with van der Waals surface area (Å²) in [5, 5.41) is 4.04. The minimum atomic E-state index is -4.04. The Bertz CT molecular complexity index is 1340. The molecule has 0 spiro atoms. The molecule has 0 unspecified atom stereocenters. The summed E-state index contributed by atoms with van der Waals surface area (Å²) in [4.78, 5) is 14.5. The Labute approximate surface area is 203 Å². The molecule has 34 heavy (non-hydrogen) atoms. The van der Waals surface area contributed by atoms with E-state index in [4.69, 9.17) is 8.92 Å². The number of carbonyl (C=O) groups excluding carboxylic acids is 1. The maximum absolute atomic E-state index is 12.8. The Morgan fingerprint density at radius 3 is 2.62 bits per heavy atom. The number of hydrogen-bond acceptors (Lipinski definition) is 7. The number of nitrogens with zero attached hydrogens (tertiary/aromatic N) is 1. The second-order valence-corrected chi connectivity index (χ2v) is 10.8. The molecule has 1 aromatic heterocycles. The third kappa shape index (κ3) is 5.31. The molecular formula is C25H26N2O5S2. The van der Waals surface area contributed by atoms with E-state index in [-0.39, 0.29) is 22.3 Å². The lowest BCUT2D eigenvalue weighted by Gasteiger charge is -2.13. The number of amides is 1. The van der Waals surface area contributed by atoms with Crippen LogP contribution in [0.3, 0.4) is 0 Å². The highest BCUT2D eigenvalue weighted by molar-refractivity contribution is 7.87. The maximum Gasteiger partial charge on any atom is 0.339 e. The lowest BCUT2D eigenvalue weighted by Crippen LogP contribution is -2.16. The van der Waals surface area contributed by atoms with Gasteiger partial charge in [0.15, 0.2) is 11.5 Å². The lowest BCUT2D eigenvalue weighted by atomic mass is 9.99. The first-order valence-electron chi connectivity index (χ1n) is 10.9. The van der Waals surface area contributed by atoms with Crippen molar-refractivity contribution in [2.45, 2.75) is 44.4 Å². The molecule has 3 aromatic rings. The fourth-order valence-corrected chi connectivity index (χ4v) is 6.20. The van der Waals surface area contributed by atoms with Crippen LogP contribution in [0.15, 0.2) is 52.5 Å². The number of rotatable bonds is 7. The van der Waals surface area contributed by atoms with Crippen LogP contribution in [0.1, 0.15) is 49.6 Å². The molecule has 2 aromatic carbocycles. The Hall–Kier alpha value is -3.17. The van der Waals surface area contributed by atoms with Gasteiger partial charge in [0, 0.05) is 4.88 Å². The molecule has 9 heteroatoms. The van der Waals surface area contributed by atoms with Gasteiger partial charge in [-0.25, -0.2) is 5.43 Å². The number of ether oxygens (including phenoxy) is 1. The van der Waals surface area contributed by atoms with E-state index in [0.29, 0.717) is 16.0 Å². The largest absolute Gasteiger partial charge is 0.493 e. The first-order chi connectivity index (χ1) is 16.3. The molecule has 1 aliphatic rings. The Balaban J connectivity index is 1.46. The zero-order valence-electron chi connectivity index (χ0n) is 19.3. The summed E-state index contributed by atoms with van der Waals surface area (Å²) in [6, 6.07) is 11.8. The molecule has 0 bridgehead atoms. The Morgan fingerprint density at radius 2 is 1.85 bits per heavy atom. The number of fused-ring (bicyclic) bond motifs is 1. The summed E-state index contributed by atoms with van der Waals surface area (Å²) in [6.45, 7) is 3.53. The molecule has 1 amide bonds. The fraction of sp³-hybridized carbons (Fsp3) is 0.280. The summed E-state index contributed by atoms with van der Waals surface area (Å²) in [5.74, 6) is 0.0473. The minimum absolute atomic E-state index is 0.0637. The average molecular weight is 499 g/mol. The quantitative estimate of drug-likeness (QED) is 0.287. The molecule has 1 N–H and O–H groups in total. The third-order valence-electron chi connectivity index (χ3n) is 5.60. The van der Waals surface area contributed by atoms with Gasteiger partial charge in [-0.15, -0.1) is 11.3 Å². The standard InChI is InChI=1S/C25H26N2O5S2/c1-16-8-9-17(2)24(12-16)34(29,30)32-20-11-10-18(13-21(20)31-3)15-26-27-25(28)23-14-19-6-4-5-7-22(19)33-23/h8-15H,4-7H2,1-3H3,(H,27,28). The molecule has 4 rings (SSSR count). The van der Waals surface area contributed by atoms with E-state index in [1.165, 1.54) is 47.6 Å². The van der Waals surface area contributed by atoms with Gasteiger partial charge in [0.25, 0.3) is 5.91 Å². The number of hydrazone groups is 1. The number of nitrogens with one attached hydrogen (secondary N) is 1. The monoisotopic (exact) mass is 498 g/mol. The number of carbonyl (C=O) groups is 1. The first kappa shape index (κ1) is 24.0. The van der Waals surface area contributed by atoms with Crippen molar-refractivity contribution in [2.24, 2.45) is 5.10 Å². The van der Waals surface area contributed by atoms with Crippen molar-refractivity contribution in [3.05, 3.63) is 74.5 Å². The predicted octanol–water partition coefficient (Wildman–Crippen LogP) is 4.78. The summed E-state index contributed by atoms with van der Waals surface area (Å²) in [6.07, 6.45) is 5.85. The molecule has 0 saturated heterocycles. The van der Waals surface area contributed by atoms with E-state index in [1.807, 2.05) is 19.1 Å². The highest BCUT2D eigenvalue weighted by Gasteiger charge is 2.22. The van der Waals surface area contributed by atoms with Gasteiger partial charge < -0.3 is 8.92 Å². The van der Waals surface area contributed by atoms with Gasteiger partial charge in [0.2, 0.25) is 0 Å². The van der Waals surface area contributed by atoms with Crippen LogP contribution < -0.4 is 14.3 Å². The van der Waals surface area contributed by atoms with Crippen molar-refractivity contribution in [1.82, 2.24) is 5.43 Å². The zero-order chi connectivity index (χ0) is 24.3. The smallest absolute Gasteiger partial charge is 0.339 e. The molecule has 0 atom stereocenters. The highest BCUT2D eigenvalue weighted by atomic mass is 32.2. The third-order valence-corrected chi connectivity index (χ3v) is 8.21. The SMILES string of the molecule is COc1cc(C=NNC(=O)c2cc3c(s2)CCCC3)ccc1OS(=O)(=O)c1cc(C)ccc1C. The summed E-state index contributed by atoms with van der Waals surface area (Å²) < 4.78 is 36.4. The number of aryl methyl sites for hydroxylation is 4. The molecule has 1 heterocycles. The molecule has 0 saturated carbocycles. The van der Waals surface area contributed by atoms with Crippen molar-refractivity contribution in [1.29, 1.82) is 0 Å². The number of benzene rings is 2. The predicted molar refractivity (Wildman–Crippen MR) is 133 cm³/mol. The van der Waals surface area contributed by atoms with Crippen LogP contribution in [0.5, 0.6) is 11.5 Å². The van der Waals surface area contributed by atoms with Crippen molar-refractivity contribution in [2.75, 3.05) is 7.11 Å². The van der Waals surface area contributed by atoms with Crippen molar-refractivity contribution in [3.8, 4) is 11.5 Å². The van der Waals surface area contributed by atoms with E-state index >= 15 is 0 Å². The van der Waals surface area contributed by atoms with Crippen LogP contribution in [0, 0.1) is 13.8 Å². The second-order valence-electron chi connectivity index (χ2n) is 8.18. The molecular weight excluding hydrogens is 472 g/mol. The van der Waals surface area contributed by atoms with Crippen molar-refractivity contribution >= 4 is 33.6 Å². The van der Waals surface area contributed by atoms with Gasteiger partial charge in [-0.05, 0) is 92.1 Å². The normalized spacial score (nSPS) is 13.5.